The highest BCUT2D eigenvalue weighted by Gasteiger charge is 2.28. The van der Waals surface area contributed by atoms with Crippen molar-refractivity contribution in [2.45, 2.75) is 27.7 Å². The van der Waals surface area contributed by atoms with E-state index < -0.39 is 0 Å². The molecular weight excluding hydrogens is 212 g/mol. The Labute approximate surface area is 101 Å². The summed E-state index contributed by atoms with van der Waals surface area (Å²) in [5.41, 5.74) is 1.42. The topological polar surface area (TPSA) is 34.4 Å². The Hall–Kier alpha value is -1.64. The minimum absolute atomic E-state index is 0.0228. The number of hydrogen-bond donors (Lipinski definition) is 0. The molecule has 0 saturated heterocycles. The van der Waals surface area contributed by atoms with Gasteiger partial charge in [0.25, 0.3) is 0 Å². The first-order valence-electron chi connectivity index (χ1n) is 5.87. The van der Waals surface area contributed by atoms with Crippen molar-refractivity contribution in [2.75, 3.05) is 0 Å². The van der Waals surface area contributed by atoms with E-state index >= 15 is 0 Å². The van der Waals surface area contributed by atoms with Crippen molar-refractivity contribution >= 4 is 11.4 Å². The van der Waals surface area contributed by atoms with Gasteiger partial charge in [0.05, 0.1) is 5.56 Å². The normalized spacial score (nSPS) is 13.9. The van der Waals surface area contributed by atoms with Gasteiger partial charge in [0.15, 0.2) is 5.78 Å². The highest BCUT2D eigenvalue weighted by Crippen LogP contribution is 2.29. The Morgan fingerprint density at radius 1 is 1.35 bits per heavy atom. The molecule has 0 aromatic carbocycles. The monoisotopic (exact) mass is 230 g/mol. The first-order chi connectivity index (χ1) is 7.91. The molecule has 0 bridgehead atoms. The van der Waals surface area contributed by atoms with Gasteiger partial charge in [-0.2, -0.15) is 0 Å². The fourth-order valence-electron chi connectivity index (χ4n) is 1.77. The molecule has 1 atom stereocenters. The second-order valence-electron chi connectivity index (χ2n) is 5.53. The van der Waals surface area contributed by atoms with Crippen LogP contribution >= 0.6 is 0 Å². The van der Waals surface area contributed by atoms with Crippen LogP contribution in [0.2, 0.25) is 0 Å². The van der Waals surface area contributed by atoms with Crippen LogP contribution in [0.5, 0.6) is 0 Å². The standard InChI is InChI=1S/C14H18N2O/c1-10(14(2,3)4)12(17)11-6-5-8-16-9-7-15-13(11)16/h5-10H,1-4H3. The molecule has 2 rings (SSSR count). The number of carbonyl (C=O) groups is 1. The second kappa shape index (κ2) is 3.99. The minimum Gasteiger partial charge on any atom is -0.307 e. The second-order valence-corrected chi connectivity index (χ2v) is 5.53. The van der Waals surface area contributed by atoms with Crippen LogP contribution in [0, 0.1) is 11.3 Å². The maximum Gasteiger partial charge on any atom is 0.169 e. The Morgan fingerprint density at radius 2 is 2.06 bits per heavy atom. The van der Waals surface area contributed by atoms with Gasteiger partial charge in [-0.1, -0.05) is 27.7 Å². The van der Waals surface area contributed by atoms with Crippen molar-refractivity contribution in [2.24, 2.45) is 11.3 Å². The fraction of sp³-hybridized carbons (Fsp3) is 0.429. The molecule has 2 heterocycles. The third-order valence-corrected chi connectivity index (χ3v) is 3.38. The van der Waals surface area contributed by atoms with Gasteiger partial charge in [-0.05, 0) is 17.5 Å². The van der Waals surface area contributed by atoms with E-state index in [4.69, 9.17) is 0 Å². The van der Waals surface area contributed by atoms with Crippen LogP contribution in [0.1, 0.15) is 38.1 Å². The number of nitrogens with zero attached hydrogens (tertiary/aromatic N) is 2. The molecule has 3 heteroatoms. The summed E-state index contributed by atoms with van der Waals surface area (Å²) >= 11 is 0. The SMILES string of the molecule is CC(C(=O)c1cccn2ccnc12)C(C)(C)C. The number of rotatable bonds is 2. The van der Waals surface area contributed by atoms with E-state index in [2.05, 4.69) is 25.8 Å². The van der Waals surface area contributed by atoms with E-state index in [0.717, 1.165) is 5.65 Å². The molecule has 0 amide bonds. The predicted octanol–water partition coefficient (Wildman–Crippen LogP) is 3.20. The van der Waals surface area contributed by atoms with Crippen LogP contribution in [0.15, 0.2) is 30.7 Å². The number of ketones is 1. The lowest BCUT2D eigenvalue weighted by Crippen LogP contribution is -2.26. The molecule has 17 heavy (non-hydrogen) atoms. The van der Waals surface area contributed by atoms with Crippen molar-refractivity contribution in [3.63, 3.8) is 0 Å². The average Bonchev–Trinajstić information content (AvgIpc) is 2.73. The summed E-state index contributed by atoms with van der Waals surface area (Å²) in [6.07, 6.45) is 5.47. The van der Waals surface area contributed by atoms with Crippen molar-refractivity contribution in [3.8, 4) is 0 Å². The molecule has 0 spiro atoms. The number of imidazole rings is 1. The van der Waals surface area contributed by atoms with E-state index in [1.807, 2.05) is 35.9 Å². The van der Waals surface area contributed by atoms with E-state index in [1.54, 1.807) is 6.20 Å². The molecule has 0 saturated carbocycles. The van der Waals surface area contributed by atoms with Crippen molar-refractivity contribution < 1.29 is 4.79 Å². The molecule has 2 aromatic rings. The number of aromatic nitrogens is 2. The van der Waals surface area contributed by atoms with Gasteiger partial charge in [0, 0.05) is 24.5 Å². The van der Waals surface area contributed by atoms with Gasteiger partial charge in [-0.15, -0.1) is 0 Å². The third-order valence-electron chi connectivity index (χ3n) is 3.38. The van der Waals surface area contributed by atoms with Crippen molar-refractivity contribution in [3.05, 3.63) is 36.3 Å². The summed E-state index contributed by atoms with van der Waals surface area (Å²) in [4.78, 5) is 16.7. The highest BCUT2D eigenvalue weighted by molar-refractivity contribution is 6.03. The van der Waals surface area contributed by atoms with Gasteiger partial charge in [0.2, 0.25) is 0 Å². The van der Waals surface area contributed by atoms with Gasteiger partial charge >= 0.3 is 0 Å². The lowest BCUT2D eigenvalue weighted by atomic mass is 9.78. The zero-order valence-corrected chi connectivity index (χ0v) is 10.8. The van der Waals surface area contributed by atoms with Crippen molar-refractivity contribution in [1.29, 1.82) is 0 Å². The fourth-order valence-corrected chi connectivity index (χ4v) is 1.77. The molecule has 0 aliphatic rings. The van der Waals surface area contributed by atoms with Crippen LogP contribution in [0.25, 0.3) is 5.65 Å². The molecular formula is C14H18N2O. The van der Waals surface area contributed by atoms with Crippen molar-refractivity contribution in [1.82, 2.24) is 9.38 Å². The molecule has 2 aromatic heterocycles. The zero-order chi connectivity index (χ0) is 12.6. The van der Waals surface area contributed by atoms with E-state index in [9.17, 15) is 4.79 Å². The summed E-state index contributed by atoms with van der Waals surface area (Å²) in [7, 11) is 0. The molecule has 0 aliphatic carbocycles. The minimum atomic E-state index is -0.0312. The maximum atomic E-state index is 12.4. The number of Topliss-reactive ketones (excluding diaryl/α,β-unsaturated/α-hetero) is 1. The van der Waals surface area contributed by atoms with Crippen LogP contribution in [0.4, 0.5) is 0 Å². The predicted molar refractivity (Wildman–Crippen MR) is 68.1 cm³/mol. The molecule has 0 aliphatic heterocycles. The Morgan fingerprint density at radius 3 is 2.71 bits per heavy atom. The summed E-state index contributed by atoms with van der Waals surface area (Å²) in [5, 5.41) is 0. The highest BCUT2D eigenvalue weighted by atomic mass is 16.1. The smallest absolute Gasteiger partial charge is 0.169 e. The van der Waals surface area contributed by atoms with E-state index in [-0.39, 0.29) is 17.1 Å². The Kier molecular flexibility index (Phi) is 2.77. The van der Waals surface area contributed by atoms with Crippen LogP contribution < -0.4 is 0 Å². The molecule has 0 N–H and O–H groups in total. The van der Waals surface area contributed by atoms with Gasteiger partial charge in [-0.3, -0.25) is 4.79 Å². The van der Waals surface area contributed by atoms with Gasteiger partial charge in [-0.25, -0.2) is 4.98 Å². The summed E-state index contributed by atoms with van der Waals surface area (Å²) in [5.74, 6) is 0.139. The van der Waals surface area contributed by atoms with Gasteiger partial charge in [0.1, 0.15) is 5.65 Å². The lowest BCUT2D eigenvalue weighted by Gasteiger charge is -2.25. The summed E-state index contributed by atoms with van der Waals surface area (Å²) < 4.78 is 1.88. The van der Waals surface area contributed by atoms with Crippen LogP contribution in [0.3, 0.4) is 0 Å². The largest absolute Gasteiger partial charge is 0.307 e. The Balaban J connectivity index is 2.47. The molecule has 0 fully saturated rings. The summed E-state index contributed by atoms with van der Waals surface area (Å²) in [6, 6.07) is 3.74. The first-order valence-corrected chi connectivity index (χ1v) is 5.87. The number of fused-ring (bicyclic) bond motifs is 1. The van der Waals surface area contributed by atoms with Gasteiger partial charge < -0.3 is 4.40 Å². The van der Waals surface area contributed by atoms with Crippen LogP contribution in [-0.4, -0.2) is 15.2 Å². The number of pyridine rings is 1. The molecule has 1 unspecified atom stereocenters. The first kappa shape index (κ1) is 11.8. The van der Waals surface area contributed by atoms with Crippen LogP contribution in [-0.2, 0) is 0 Å². The zero-order valence-electron chi connectivity index (χ0n) is 10.8. The molecule has 90 valence electrons. The lowest BCUT2D eigenvalue weighted by molar-refractivity contribution is 0.0840. The maximum absolute atomic E-state index is 12.4. The quantitative estimate of drug-likeness (QED) is 0.742. The Bertz CT molecular complexity index is 549. The molecule has 0 radical (unpaired) electrons. The van der Waals surface area contributed by atoms with E-state index in [1.165, 1.54) is 0 Å². The molecule has 3 nitrogen and oxygen atoms in total. The van der Waals surface area contributed by atoms with E-state index in [0.29, 0.717) is 5.56 Å². The number of carbonyl (C=O) groups excluding carboxylic acids is 1. The third kappa shape index (κ3) is 2.09. The summed E-state index contributed by atoms with van der Waals surface area (Å²) in [6.45, 7) is 8.23. The number of hydrogen-bond acceptors (Lipinski definition) is 2. The average molecular weight is 230 g/mol.